The predicted molar refractivity (Wildman–Crippen MR) is 75.0 cm³/mol. The molecule has 0 radical (unpaired) electrons. The third-order valence-electron chi connectivity index (χ3n) is 5.24. The molecule has 4 nitrogen and oxygen atoms in total. The third kappa shape index (κ3) is 2.36. The van der Waals surface area contributed by atoms with Crippen LogP contribution >= 0.6 is 0 Å². The molecule has 2 bridgehead atoms. The summed E-state index contributed by atoms with van der Waals surface area (Å²) >= 11 is 0. The maximum atomic E-state index is 12.8. The van der Waals surface area contributed by atoms with Gasteiger partial charge in [-0.25, -0.2) is 0 Å². The van der Waals surface area contributed by atoms with Crippen molar-refractivity contribution in [3.8, 4) is 0 Å². The van der Waals surface area contributed by atoms with E-state index >= 15 is 0 Å². The Morgan fingerprint density at radius 1 is 0.900 bits per heavy atom. The van der Waals surface area contributed by atoms with Crippen LogP contribution in [0.3, 0.4) is 0 Å². The highest BCUT2D eigenvalue weighted by Crippen LogP contribution is 2.45. The van der Waals surface area contributed by atoms with Crippen LogP contribution in [0.1, 0.15) is 38.5 Å². The Kier molecular flexibility index (Phi) is 3.81. The summed E-state index contributed by atoms with van der Waals surface area (Å²) < 4.78 is 0. The molecule has 20 heavy (non-hydrogen) atoms. The number of carboxylic acids is 1. The highest BCUT2D eigenvalue weighted by molar-refractivity contribution is 5.86. The fraction of sp³-hybridized carbons (Fsp3) is 0.750. The first-order chi connectivity index (χ1) is 9.68. The number of nitrogens with zero attached hydrogens (tertiary/aromatic N) is 1. The van der Waals surface area contributed by atoms with Gasteiger partial charge in [-0.2, -0.15) is 0 Å². The van der Waals surface area contributed by atoms with E-state index < -0.39 is 11.9 Å². The molecule has 0 aromatic heterocycles. The van der Waals surface area contributed by atoms with Crippen LogP contribution in [0.2, 0.25) is 0 Å². The molecular weight excluding hydrogens is 254 g/mol. The van der Waals surface area contributed by atoms with E-state index in [1.165, 1.54) is 12.8 Å². The number of fused-ring (bicyclic) bond motifs is 2. The van der Waals surface area contributed by atoms with Crippen LogP contribution in [0.5, 0.6) is 0 Å². The van der Waals surface area contributed by atoms with Gasteiger partial charge in [0.1, 0.15) is 0 Å². The Bertz CT molecular complexity index is 423. The summed E-state index contributed by atoms with van der Waals surface area (Å²) in [6, 6.07) is 0. The molecule has 3 aliphatic carbocycles. The molecule has 1 saturated heterocycles. The van der Waals surface area contributed by atoms with Crippen LogP contribution < -0.4 is 0 Å². The molecule has 0 spiro atoms. The predicted octanol–water partition coefficient (Wildman–Crippen LogP) is 2.30. The molecule has 110 valence electrons. The van der Waals surface area contributed by atoms with Crippen LogP contribution in [0.25, 0.3) is 0 Å². The minimum Gasteiger partial charge on any atom is -0.481 e. The van der Waals surface area contributed by atoms with Crippen molar-refractivity contribution in [1.29, 1.82) is 0 Å². The van der Waals surface area contributed by atoms with Gasteiger partial charge in [0.05, 0.1) is 11.8 Å². The second-order valence-corrected chi connectivity index (χ2v) is 6.42. The number of amides is 1. The number of carbonyl (C=O) groups is 2. The zero-order chi connectivity index (χ0) is 14.1. The molecule has 1 saturated carbocycles. The number of likely N-dealkylation sites (tertiary alicyclic amines) is 1. The number of carbonyl (C=O) groups excluding carboxylic acids is 1. The minimum atomic E-state index is -0.794. The highest BCUT2D eigenvalue weighted by Gasteiger charge is 2.49. The van der Waals surface area contributed by atoms with Crippen molar-refractivity contribution in [3.05, 3.63) is 12.2 Å². The number of hydrogen-bond acceptors (Lipinski definition) is 2. The molecule has 1 aliphatic heterocycles. The van der Waals surface area contributed by atoms with Crippen molar-refractivity contribution >= 4 is 11.9 Å². The van der Waals surface area contributed by atoms with Crippen molar-refractivity contribution in [2.45, 2.75) is 38.5 Å². The Hall–Kier alpha value is -1.32. The molecule has 4 aliphatic rings. The first-order valence-corrected chi connectivity index (χ1v) is 7.88. The van der Waals surface area contributed by atoms with E-state index in [9.17, 15) is 14.7 Å². The van der Waals surface area contributed by atoms with Crippen molar-refractivity contribution in [1.82, 2.24) is 4.90 Å². The summed E-state index contributed by atoms with van der Waals surface area (Å²) in [5, 5.41) is 9.53. The normalized spacial score (nSPS) is 36.7. The maximum Gasteiger partial charge on any atom is 0.307 e. The van der Waals surface area contributed by atoms with Gasteiger partial charge >= 0.3 is 5.97 Å². The summed E-state index contributed by atoms with van der Waals surface area (Å²) in [4.78, 5) is 26.4. The average Bonchev–Trinajstić information content (AvgIpc) is 2.75. The molecule has 2 fully saturated rings. The van der Waals surface area contributed by atoms with Gasteiger partial charge in [0.25, 0.3) is 0 Å². The lowest BCUT2D eigenvalue weighted by Gasteiger charge is -2.43. The van der Waals surface area contributed by atoms with E-state index in [4.69, 9.17) is 0 Å². The Balaban J connectivity index is 1.81. The molecule has 1 heterocycles. The summed E-state index contributed by atoms with van der Waals surface area (Å²) in [7, 11) is 0. The Morgan fingerprint density at radius 3 is 1.95 bits per heavy atom. The lowest BCUT2D eigenvalue weighted by atomic mass is 9.62. The van der Waals surface area contributed by atoms with E-state index in [2.05, 4.69) is 6.08 Å². The van der Waals surface area contributed by atoms with Gasteiger partial charge in [-0.3, -0.25) is 9.59 Å². The van der Waals surface area contributed by atoms with Crippen LogP contribution in [0, 0.1) is 23.7 Å². The van der Waals surface area contributed by atoms with E-state index in [0.29, 0.717) is 0 Å². The fourth-order valence-corrected chi connectivity index (χ4v) is 4.17. The third-order valence-corrected chi connectivity index (χ3v) is 5.24. The van der Waals surface area contributed by atoms with Gasteiger partial charge in [0.15, 0.2) is 0 Å². The van der Waals surface area contributed by atoms with Gasteiger partial charge in [-0.15, -0.1) is 0 Å². The fourth-order valence-electron chi connectivity index (χ4n) is 4.17. The number of allylic oxidation sites excluding steroid dienone is 2. The molecule has 4 rings (SSSR count). The molecule has 4 heteroatoms. The van der Waals surface area contributed by atoms with Gasteiger partial charge < -0.3 is 10.0 Å². The molecule has 0 aromatic rings. The summed E-state index contributed by atoms with van der Waals surface area (Å²) in [6.45, 7) is 1.62. The molecule has 1 N–H and O–H groups in total. The van der Waals surface area contributed by atoms with Crippen LogP contribution in [0.15, 0.2) is 12.2 Å². The van der Waals surface area contributed by atoms with E-state index in [-0.39, 0.29) is 23.7 Å². The average molecular weight is 277 g/mol. The standard InChI is InChI=1S/C16H23NO3/c18-15(17-9-3-1-2-4-10-17)13-11-5-7-12(8-6-11)14(13)16(19)20/h5,7,11-14H,1-4,6,8-10H2,(H,19,20)/t11-,12+,13+,14+/m1/s1. The van der Waals surface area contributed by atoms with Crippen molar-refractivity contribution in [2.75, 3.05) is 13.1 Å². The Morgan fingerprint density at radius 2 is 1.45 bits per heavy atom. The summed E-state index contributed by atoms with van der Waals surface area (Å²) in [5.41, 5.74) is 0. The number of hydrogen-bond donors (Lipinski definition) is 1. The number of aliphatic carboxylic acids is 1. The van der Waals surface area contributed by atoms with Gasteiger partial charge in [-0.1, -0.05) is 25.0 Å². The smallest absolute Gasteiger partial charge is 0.307 e. The first-order valence-electron chi connectivity index (χ1n) is 7.88. The zero-order valence-electron chi connectivity index (χ0n) is 11.8. The highest BCUT2D eigenvalue weighted by atomic mass is 16.4. The molecule has 0 aromatic carbocycles. The van der Waals surface area contributed by atoms with E-state index in [1.54, 1.807) is 0 Å². The molecule has 1 amide bonds. The van der Waals surface area contributed by atoms with Crippen LogP contribution in [0.4, 0.5) is 0 Å². The minimum absolute atomic E-state index is 0.0541. The van der Waals surface area contributed by atoms with Gasteiger partial charge in [0, 0.05) is 13.1 Å². The number of carboxylic acid groups (broad SMARTS) is 1. The van der Waals surface area contributed by atoms with Crippen molar-refractivity contribution in [3.63, 3.8) is 0 Å². The molecular formula is C16H23NO3. The van der Waals surface area contributed by atoms with Crippen LogP contribution in [-0.4, -0.2) is 35.0 Å². The lowest BCUT2D eigenvalue weighted by Crippen LogP contribution is -2.50. The van der Waals surface area contributed by atoms with Crippen molar-refractivity contribution in [2.24, 2.45) is 23.7 Å². The summed E-state index contributed by atoms with van der Waals surface area (Å²) in [6.07, 6.45) is 10.5. The second kappa shape index (κ2) is 5.58. The topological polar surface area (TPSA) is 57.6 Å². The van der Waals surface area contributed by atoms with Gasteiger partial charge in [0.2, 0.25) is 5.91 Å². The quantitative estimate of drug-likeness (QED) is 0.788. The molecule has 0 unspecified atom stereocenters. The lowest BCUT2D eigenvalue weighted by molar-refractivity contribution is -0.156. The largest absolute Gasteiger partial charge is 0.481 e. The monoisotopic (exact) mass is 277 g/mol. The molecule has 4 atom stereocenters. The first kappa shape index (κ1) is 13.7. The zero-order valence-corrected chi connectivity index (χ0v) is 11.8. The van der Waals surface area contributed by atoms with E-state index in [1.807, 2.05) is 11.0 Å². The maximum absolute atomic E-state index is 12.8. The number of rotatable bonds is 2. The van der Waals surface area contributed by atoms with E-state index in [0.717, 1.165) is 38.8 Å². The van der Waals surface area contributed by atoms with Crippen LogP contribution in [-0.2, 0) is 9.59 Å². The van der Waals surface area contributed by atoms with Gasteiger partial charge in [-0.05, 0) is 37.5 Å². The van der Waals surface area contributed by atoms with Crippen molar-refractivity contribution < 1.29 is 14.7 Å². The second-order valence-electron chi connectivity index (χ2n) is 6.42. The SMILES string of the molecule is O=C(O)[C@@H]1[C@@H](C(=O)N2CCCCCC2)[C@@H]2C=C[C@H]1CC2. The Labute approximate surface area is 119 Å². The summed E-state index contributed by atoms with van der Waals surface area (Å²) in [5.74, 6) is -1.34.